The molecule has 126 valence electrons. The normalized spacial score (nSPS) is 10.8. The van der Waals surface area contributed by atoms with Gasteiger partial charge in [-0.05, 0) is 34.2 Å². The summed E-state index contributed by atoms with van der Waals surface area (Å²) in [6, 6.07) is 41.2. The van der Waals surface area contributed by atoms with Crippen LogP contribution in [0.15, 0.2) is 115 Å². The van der Waals surface area contributed by atoms with E-state index in [0.717, 1.165) is 6.42 Å². The van der Waals surface area contributed by atoms with Crippen molar-refractivity contribution < 1.29 is 0 Å². The van der Waals surface area contributed by atoms with Gasteiger partial charge in [0.2, 0.25) is 0 Å². The van der Waals surface area contributed by atoms with Crippen molar-refractivity contribution in [1.29, 1.82) is 0 Å². The Morgan fingerprint density at radius 1 is 0.385 bits per heavy atom. The van der Waals surface area contributed by atoms with Gasteiger partial charge in [-0.1, -0.05) is 115 Å². The second-order valence-electron chi connectivity index (χ2n) is 6.66. The molecule has 0 aliphatic rings. The predicted octanol–water partition coefficient (Wildman–Crippen LogP) is 6.46. The summed E-state index contributed by atoms with van der Waals surface area (Å²) in [4.78, 5) is 0. The van der Waals surface area contributed by atoms with Crippen LogP contribution in [0.4, 0.5) is 0 Å². The third kappa shape index (κ3) is 3.75. The van der Waals surface area contributed by atoms with Crippen LogP contribution in [0.1, 0.15) is 33.7 Å². The highest BCUT2D eigenvalue weighted by Gasteiger charge is 2.16. The summed E-state index contributed by atoms with van der Waals surface area (Å²) in [6.07, 6.45) is 0.975. The summed E-state index contributed by atoms with van der Waals surface area (Å²) in [7, 11) is 0. The third-order valence-corrected chi connectivity index (χ3v) is 4.83. The van der Waals surface area contributed by atoms with Gasteiger partial charge in [0.25, 0.3) is 0 Å². The molecule has 0 aliphatic carbocycles. The maximum Gasteiger partial charge on any atom is 0.0339 e. The van der Waals surface area contributed by atoms with Crippen LogP contribution in [-0.2, 0) is 6.42 Å². The van der Waals surface area contributed by atoms with Crippen LogP contribution in [0.25, 0.3) is 0 Å². The molecule has 0 spiro atoms. The molecule has 26 heavy (non-hydrogen) atoms. The summed E-state index contributed by atoms with van der Waals surface area (Å²) >= 11 is 0. The van der Waals surface area contributed by atoms with E-state index in [9.17, 15) is 0 Å². The van der Waals surface area contributed by atoms with E-state index in [1.807, 2.05) is 0 Å². The molecule has 0 heterocycles. The molecule has 0 saturated carbocycles. The van der Waals surface area contributed by atoms with Gasteiger partial charge in [0.15, 0.2) is 0 Å². The SMILES string of the molecule is c1ccc(Cc2ccc(C(c3ccccc3)c3ccccc3)cc2)cc1. The average Bonchev–Trinajstić information content (AvgIpc) is 2.72. The molecule has 0 amide bonds. The Labute approximate surface area is 155 Å². The third-order valence-electron chi connectivity index (χ3n) is 4.83. The topological polar surface area (TPSA) is 0 Å². The molecule has 0 radical (unpaired) electrons. The maximum atomic E-state index is 2.28. The lowest BCUT2D eigenvalue weighted by atomic mass is 9.85. The van der Waals surface area contributed by atoms with E-state index in [-0.39, 0.29) is 5.92 Å². The van der Waals surface area contributed by atoms with Crippen molar-refractivity contribution in [2.24, 2.45) is 0 Å². The summed E-state index contributed by atoms with van der Waals surface area (Å²) in [6.45, 7) is 0. The van der Waals surface area contributed by atoms with Gasteiger partial charge in [-0.15, -0.1) is 0 Å². The van der Waals surface area contributed by atoms with Crippen LogP contribution in [0.5, 0.6) is 0 Å². The molecular weight excluding hydrogens is 312 g/mol. The Hall–Kier alpha value is -3.12. The first kappa shape index (κ1) is 16.4. The molecular formula is C26H22. The smallest absolute Gasteiger partial charge is 0.0339 e. The van der Waals surface area contributed by atoms with Crippen LogP contribution in [0.3, 0.4) is 0 Å². The molecule has 0 heteroatoms. The molecule has 0 atom stereocenters. The van der Waals surface area contributed by atoms with Gasteiger partial charge >= 0.3 is 0 Å². The van der Waals surface area contributed by atoms with Crippen LogP contribution in [0, 0.1) is 0 Å². The highest BCUT2D eigenvalue weighted by atomic mass is 14.2. The lowest BCUT2D eigenvalue weighted by Gasteiger charge is -2.19. The van der Waals surface area contributed by atoms with Crippen LogP contribution in [-0.4, -0.2) is 0 Å². The molecule has 0 unspecified atom stereocenters. The molecule has 4 aromatic carbocycles. The van der Waals surface area contributed by atoms with E-state index in [2.05, 4.69) is 115 Å². The summed E-state index contributed by atoms with van der Waals surface area (Å²) < 4.78 is 0. The Bertz CT molecular complexity index is 884. The second-order valence-corrected chi connectivity index (χ2v) is 6.66. The number of hydrogen-bond donors (Lipinski definition) is 0. The monoisotopic (exact) mass is 334 g/mol. The van der Waals surface area contributed by atoms with Crippen molar-refractivity contribution in [2.75, 3.05) is 0 Å². The Kier molecular flexibility index (Phi) is 4.93. The van der Waals surface area contributed by atoms with Crippen molar-refractivity contribution in [3.05, 3.63) is 143 Å². The van der Waals surface area contributed by atoms with Crippen molar-refractivity contribution in [3.8, 4) is 0 Å². The zero-order chi connectivity index (χ0) is 17.6. The van der Waals surface area contributed by atoms with Gasteiger partial charge in [-0.25, -0.2) is 0 Å². The Balaban J connectivity index is 1.66. The summed E-state index contributed by atoms with van der Waals surface area (Å²) in [5.41, 5.74) is 6.69. The molecule has 0 N–H and O–H groups in total. The van der Waals surface area contributed by atoms with Gasteiger partial charge in [0, 0.05) is 5.92 Å². The second kappa shape index (κ2) is 7.84. The first-order chi connectivity index (χ1) is 12.9. The van der Waals surface area contributed by atoms with Gasteiger partial charge in [0.05, 0.1) is 0 Å². The lowest BCUT2D eigenvalue weighted by Crippen LogP contribution is -2.03. The zero-order valence-corrected chi connectivity index (χ0v) is 14.8. The van der Waals surface area contributed by atoms with Gasteiger partial charge < -0.3 is 0 Å². The molecule has 0 bridgehead atoms. The molecule has 4 aromatic rings. The predicted molar refractivity (Wildman–Crippen MR) is 110 cm³/mol. The highest BCUT2D eigenvalue weighted by molar-refractivity contribution is 5.44. The fourth-order valence-electron chi connectivity index (χ4n) is 3.53. The van der Waals surface area contributed by atoms with E-state index in [4.69, 9.17) is 0 Å². The van der Waals surface area contributed by atoms with E-state index >= 15 is 0 Å². The van der Waals surface area contributed by atoms with E-state index in [1.54, 1.807) is 0 Å². The fraction of sp³-hybridized carbons (Fsp3) is 0.0769. The van der Waals surface area contributed by atoms with Crippen LogP contribution in [0.2, 0.25) is 0 Å². The first-order valence-electron chi connectivity index (χ1n) is 9.13. The summed E-state index contributed by atoms with van der Waals surface area (Å²) in [5, 5.41) is 0. The van der Waals surface area contributed by atoms with Crippen LogP contribution < -0.4 is 0 Å². The quantitative estimate of drug-likeness (QED) is 0.367. The highest BCUT2D eigenvalue weighted by Crippen LogP contribution is 2.32. The Morgan fingerprint density at radius 2 is 0.769 bits per heavy atom. The van der Waals surface area contributed by atoms with E-state index < -0.39 is 0 Å². The molecule has 0 fully saturated rings. The molecule has 0 nitrogen and oxygen atoms in total. The van der Waals surface area contributed by atoms with Crippen LogP contribution >= 0.6 is 0 Å². The fourth-order valence-corrected chi connectivity index (χ4v) is 3.53. The molecule has 0 aliphatic heterocycles. The van der Waals surface area contributed by atoms with E-state index in [1.165, 1.54) is 27.8 Å². The summed E-state index contributed by atoms with van der Waals surface area (Å²) in [5.74, 6) is 0.267. The van der Waals surface area contributed by atoms with Crippen molar-refractivity contribution in [3.63, 3.8) is 0 Å². The molecule has 0 saturated heterocycles. The molecule has 4 rings (SSSR count). The number of rotatable bonds is 5. The number of hydrogen-bond acceptors (Lipinski definition) is 0. The minimum Gasteiger partial charge on any atom is -0.0622 e. The minimum absolute atomic E-state index is 0.267. The standard InChI is InChI=1S/C26H22/c1-4-10-21(11-5-1)20-22-16-18-25(19-17-22)26(23-12-6-2-7-13-23)24-14-8-3-9-15-24/h1-19,26H,20H2. The van der Waals surface area contributed by atoms with Gasteiger partial charge in [0.1, 0.15) is 0 Å². The first-order valence-corrected chi connectivity index (χ1v) is 9.13. The Morgan fingerprint density at radius 3 is 1.27 bits per heavy atom. The minimum atomic E-state index is 0.267. The average molecular weight is 334 g/mol. The maximum absolute atomic E-state index is 2.28. The zero-order valence-electron chi connectivity index (χ0n) is 14.8. The van der Waals surface area contributed by atoms with Gasteiger partial charge in [-0.3, -0.25) is 0 Å². The lowest BCUT2D eigenvalue weighted by molar-refractivity contribution is 0.974. The van der Waals surface area contributed by atoms with Crippen molar-refractivity contribution >= 4 is 0 Å². The van der Waals surface area contributed by atoms with Crippen molar-refractivity contribution in [1.82, 2.24) is 0 Å². The molecule has 0 aromatic heterocycles. The van der Waals surface area contributed by atoms with Crippen molar-refractivity contribution in [2.45, 2.75) is 12.3 Å². The largest absolute Gasteiger partial charge is 0.0622 e. The van der Waals surface area contributed by atoms with Gasteiger partial charge in [-0.2, -0.15) is 0 Å². The number of benzene rings is 4. The van der Waals surface area contributed by atoms with E-state index in [0.29, 0.717) is 0 Å².